The fourth-order valence-corrected chi connectivity index (χ4v) is 4.83. The molecule has 1 aromatic rings. The van der Waals surface area contributed by atoms with Gasteiger partial charge in [0.15, 0.2) is 0 Å². The SMILES string of the molecule is C=C(C)CCN=C1C(=O)N(C2C=CC(C(CC(C)C)CC(C)(C)C)=CC2)c2ccccc21. The van der Waals surface area contributed by atoms with Crippen LogP contribution in [0.2, 0.25) is 0 Å². The smallest absolute Gasteiger partial charge is 0.277 e. The van der Waals surface area contributed by atoms with Crippen LogP contribution in [0.4, 0.5) is 5.69 Å². The summed E-state index contributed by atoms with van der Waals surface area (Å²) in [5, 5.41) is 0. The number of nitrogens with zero attached hydrogens (tertiary/aromatic N) is 2. The minimum absolute atomic E-state index is 0.0211. The zero-order chi connectivity index (χ0) is 23.5. The Morgan fingerprint density at radius 2 is 1.97 bits per heavy atom. The van der Waals surface area contributed by atoms with Crippen molar-refractivity contribution in [3.63, 3.8) is 0 Å². The molecular formula is C29H40N2O. The molecule has 0 radical (unpaired) electrons. The topological polar surface area (TPSA) is 32.7 Å². The van der Waals surface area contributed by atoms with Crippen molar-refractivity contribution in [1.29, 1.82) is 0 Å². The van der Waals surface area contributed by atoms with Gasteiger partial charge in [0.05, 0.1) is 11.7 Å². The molecule has 0 bridgehead atoms. The maximum atomic E-state index is 13.4. The van der Waals surface area contributed by atoms with Crippen molar-refractivity contribution < 1.29 is 4.79 Å². The monoisotopic (exact) mass is 432 g/mol. The molecule has 1 heterocycles. The lowest BCUT2D eigenvalue weighted by atomic mass is 9.76. The fraction of sp³-hybridized carbons (Fsp3) is 0.517. The van der Waals surface area contributed by atoms with Gasteiger partial charge < -0.3 is 0 Å². The number of amides is 1. The van der Waals surface area contributed by atoms with E-state index in [1.54, 1.807) is 0 Å². The Kier molecular flexibility index (Phi) is 7.59. The quantitative estimate of drug-likeness (QED) is 0.402. The number of para-hydroxylation sites is 1. The summed E-state index contributed by atoms with van der Waals surface area (Å²) >= 11 is 0. The first-order valence-electron chi connectivity index (χ1n) is 12.1. The predicted molar refractivity (Wildman–Crippen MR) is 137 cm³/mol. The molecule has 3 nitrogen and oxygen atoms in total. The van der Waals surface area contributed by atoms with Gasteiger partial charge in [-0.15, -0.1) is 6.58 Å². The van der Waals surface area contributed by atoms with Gasteiger partial charge in [-0.25, -0.2) is 0 Å². The Balaban J connectivity index is 1.81. The van der Waals surface area contributed by atoms with Crippen molar-refractivity contribution in [2.75, 3.05) is 11.4 Å². The van der Waals surface area contributed by atoms with Crippen molar-refractivity contribution in [3.8, 4) is 0 Å². The van der Waals surface area contributed by atoms with Crippen LogP contribution < -0.4 is 4.90 Å². The zero-order valence-corrected chi connectivity index (χ0v) is 20.8. The van der Waals surface area contributed by atoms with E-state index in [0.29, 0.717) is 29.5 Å². The summed E-state index contributed by atoms with van der Waals surface area (Å²) in [4.78, 5) is 20.0. The van der Waals surface area contributed by atoms with Gasteiger partial charge in [0, 0.05) is 12.1 Å². The number of carbonyl (C=O) groups is 1. The molecule has 1 aliphatic heterocycles. The summed E-state index contributed by atoms with van der Waals surface area (Å²) in [6.07, 6.45) is 10.9. The van der Waals surface area contributed by atoms with E-state index in [2.05, 4.69) is 64.4 Å². The van der Waals surface area contributed by atoms with Crippen molar-refractivity contribution in [2.24, 2.45) is 22.2 Å². The van der Waals surface area contributed by atoms with Gasteiger partial charge in [0.25, 0.3) is 5.91 Å². The van der Waals surface area contributed by atoms with E-state index < -0.39 is 0 Å². The highest BCUT2D eigenvalue weighted by molar-refractivity contribution is 6.54. The van der Waals surface area contributed by atoms with E-state index in [9.17, 15) is 4.79 Å². The first kappa shape index (κ1) is 24.2. The van der Waals surface area contributed by atoms with Crippen LogP contribution in [0.25, 0.3) is 0 Å². The van der Waals surface area contributed by atoms with E-state index in [1.165, 1.54) is 18.4 Å². The third-order valence-corrected chi connectivity index (χ3v) is 6.17. The van der Waals surface area contributed by atoms with Crippen LogP contribution in [0.15, 0.2) is 65.2 Å². The molecule has 0 spiro atoms. The number of aliphatic imine (C=N–C) groups is 1. The number of hydrogen-bond donors (Lipinski definition) is 0. The maximum Gasteiger partial charge on any atom is 0.277 e. The van der Waals surface area contributed by atoms with Gasteiger partial charge in [0.1, 0.15) is 5.71 Å². The molecule has 2 unspecified atom stereocenters. The Bertz CT molecular complexity index is 942. The van der Waals surface area contributed by atoms with E-state index >= 15 is 0 Å². The lowest BCUT2D eigenvalue weighted by Crippen LogP contribution is -2.39. The van der Waals surface area contributed by atoms with E-state index in [4.69, 9.17) is 0 Å². The first-order valence-corrected chi connectivity index (χ1v) is 12.1. The summed E-state index contributed by atoms with van der Waals surface area (Å²) < 4.78 is 0. The molecule has 0 aromatic heterocycles. The molecule has 0 saturated carbocycles. The fourth-order valence-electron chi connectivity index (χ4n) is 4.83. The van der Waals surface area contributed by atoms with Gasteiger partial charge in [0.2, 0.25) is 0 Å². The van der Waals surface area contributed by atoms with Crippen molar-refractivity contribution in [1.82, 2.24) is 0 Å². The van der Waals surface area contributed by atoms with E-state index in [-0.39, 0.29) is 11.9 Å². The highest BCUT2D eigenvalue weighted by atomic mass is 16.2. The standard InChI is InChI=1S/C29H40N2O/c1-20(2)16-17-30-27-25-10-8-9-11-26(25)31(28(27)32)24-14-12-22(13-15-24)23(18-21(3)4)19-29(5,6)7/h8-14,21,23-24H,1,15-19H2,2-7H3. The number of benzene rings is 1. The van der Waals surface area contributed by atoms with Crippen molar-refractivity contribution in [2.45, 2.75) is 73.3 Å². The summed E-state index contributed by atoms with van der Waals surface area (Å²) in [6.45, 7) is 18.1. The summed E-state index contributed by atoms with van der Waals surface area (Å²) in [5.41, 5.74) is 5.34. The molecule has 1 aliphatic carbocycles. The molecule has 0 N–H and O–H groups in total. The molecule has 0 saturated heterocycles. The van der Waals surface area contributed by atoms with Gasteiger partial charge >= 0.3 is 0 Å². The Morgan fingerprint density at radius 3 is 2.56 bits per heavy atom. The van der Waals surface area contributed by atoms with Crippen LogP contribution >= 0.6 is 0 Å². The Labute approximate surface area is 195 Å². The minimum atomic E-state index is 0.0211. The molecule has 2 aliphatic rings. The van der Waals surface area contributed by atoms with Crippen LogP contribution in [-0.4, -0.2) is 24.2 Å². The summed E-state index contributed by atoms with van der Waals surface area (Å²) in [6, 6.07) is 8.09. The van der Waals surface area contributed by atoms with Crippen molar-refractivity contribution >= 4 is 17.3 Å². The zero-order valence-electron chi connectivity index (χ0n) is 20.8. The third-order valence-electron chi connectivity index (χ3n) is 6.17. The number of carbonyl (C=O) groups excluding carboxylic acids is 1. The summed E-state index contributed by atoms with van der Waals surface area (Å²) in [7, 11) is 0. The normalized spacial score (nSPS) is 20.7. The number of hydrogen-bond acceptors (Lipinski definition) is 2. The van der Waals surface area contributed by atoms with Gasteiger partial charge in [-0.05, 0) is 61.5 Å². The van der Waals surface area contributed by atoms with Crippen LogP contribution in [-0.2, 0) is 4.79 Å². The molecule has 3 rings (SSSR count). The van der Waals surface area contributed by atoms with E-state index in [0.717, 1.165) is 29.7 Å². The molecule has 3 heteroatoms. The highest BCUT2D eigenvalue weighted by Gasteiger charge is 2.37. The molecule has 2 atom stereocenters. The minimum Gasteiger partial charge on any atom is -0.299 e. The van der Waals surface area contributed by atoms with Gasteiger partial charge in [-0.2, -0.15) is 0 Å². The van der Waals surface area contributed by atoms with Crippen molar-refractivity contribution in [3.05, 3.63) is 65.8 Å². The molecule has 1 aromatic carbocycles. The molecule has 172 valence electrons. The van der Waals surface area contributed by atoms with Crippen LogP contribution in [0.3, 0.4) is 0 Å². The number of rotatable bonds is 8. The van der Waals surface area contributed by atoms with Crippen LogP contribution in [0.5, 0.6) is 0 Å². The number of fused-ring (bicyclic) bond motifs is 1. The number of allylic oxidation sites excluding steroid dienone is 2. The molecular weight excluding hydrogens is 392 g/mol. The second-order valence-corrected chi connectivity index (χ2v) is 11.1. The Hall–Kier alpha value is -2.42. The lowest BCUT2D eigenvalue weighted by Gasteiger charge is -2.32. The van der Waals surface area contributed by atoms with Gasteiger partial charge in [-0.3, -0.25) is 14.7 Å². The van der Waals surface area contributed by atoms with Crippen LogP contribution in [0.1, 0.15) is 72.8 Å². The van der Waals surface area contributed by atoms with E-state index in [1.807, 2.05) is 36.1 Å². The average molecular weight is 433 g/mol. The molecule has 32 heavy (non-hydrogen) atoms. The second-order valence-electron chi connectivity index (χ2n) is 11.1. The summed E-state index contributed by atoms with van der Waals surface area (Å²) in [5.74, 6) is 1.25. The Morgan fingerprint density at radius 1 is 1.25 bits per heavy atom. The van der Waals surface area contributed by atoms with Crippen LogP contribution in [0, 0.1) is 17.3 Å². The highest BCUT2D eigenvalue weighted by Crippen LogP contribution is 2.37. The largest absolute Gasteiger partial charge is 0.299 e. The van der Waals surface area contributed by atoms with Gasteiger partial charge in [-0.1, -0.05) is 76.6 Å². The maximum absolute atomic E-state index is 13.4. The number of anilines is 1. The predicted octanol–water partition coefficient (Wildman–Crippen LogP) is 7.14. The third kappa shape index (κ3) is 5.88. The molecule has 1 amide bonds. The average Bonchev–Trinajstić information content (AvgIpc) is 2.98. The second kappa shape index (κ2) is 10.0. The first-order chi connectivity index (χ1) is 15.1. The lowest BCUT2D eigenvalue weighted by molar-refractivity contribution is -0.112. The molecule has 0 fully saturated rings.